The molecule has 0 fully saturated rings. The standard InChI is InChI=1S/C19H16BrN3O2/c1-25-17-4-2-3-15(11-17)23-19(24)18-10-9-16(12-21-18)22-14-7-5-13(20)6-8-14/h2-12,22H,1H3,(H,23,24). The summed E-state index contributed by atoms with van der Waals surface area (Å²) in [4.78, 5) is 16.5. The summed E-state index contributed by atoms with van der Waals surface area (Å²) < 4.78 is 6.16. The van der Waals surface area contributed by atoms with Crippen molar-refractivity contribution in [3.05, 3.63) is 77.0 Å². The summed E-state index contributed by atoms with van der Waals surface area (Å²) in [7, 11) is 1.58. The topological polar surface area (TPSA) is 63.2 Å². The minimum Gasteiger partial charge on any atom is -0.497 e. The summed E-state index contributed by atoms with van der Waals surface area (Å²) >= 11 is 3.40. The van der Waals surface area contributed by atoms with Gasteiger partial charge in [0.1, 0.15) is 11.4 Å². The molecule has 25 heavy (non-hydrogen) atoms. The summed E-state index contributed by atoms with van der Waals surface area (Å²) in [5.41, 5.74) is 2.74. The average Bonchev–Trinajstić information content (AvgIpc) is 2.64. The largest absolute Gasteiger partial charge is 0.497 e. The van der Waals surface area contributed by atoms with Crippen LogP contribution >= 0.6 is 15.9 Å². The maximum atomic E-state index is 12.3. The number of anilines is 3. The molecular weight excluding hydrogens is 382 g/mol. The van der Waals surface area contributed by atoms with Gasteiger partial charge in [0.25, 0.3) is 5.91 Å². The van der Waals surface area contributed by atoms with Gasteiger partial charge < -0.3 is 15.4 Å². The highest BCUT2D eigenvalue weighted by Gasteiger charge is 2.08. The number of benzene rings is 2. The minimum atomic E-state index is -0.275. The number of nitrogens with one attached hydrogen (secondary N) is 2. The Labute approximate surface area is 154 Å². The Hall–Kier alpha value is -2.86. The number of pyridine rings is 1. The lowest BCUT2D eigenvalue weighted by atomic mass is 10.2. The first-order chi connectivity index (χ1) is 12.1. The van der Waals surface area contributed by atoms with Crippen molar-refractivity contribution in [1.29, 1.82) is 0 Å². The maximum Gasteiger partial charge on any atom is 0.274 e. The zero-order valence-electron chi connectivity index (χ0n) is 13.5. The Morgan fingerprint density at radius 2 is 1.76 bits per heavy atom. The molecule has 126 valence electrons. The number of methoxy groups -OCH3 is 1. The molecule has 1 aromatic heterocycles. The van der Waals surface area contributed by atoms with Crippen LogP contribution in [0.5, 0.6) is 5.75 Å². The minimum absolute atomic E-state index is 0.275. The van der Waals surface area contributed by atoms with Crippen LogP contribution in [0.25, 0.3) is 0 Å². The first-order valence-corrected chi connectivity index (χ1v) is 8.37. The van der Waals surface area contributed by atoms with Crippen molar-refractivity contribution in [2.24, 2.45) is 0 Å². The third-order valence-corrected chi connectivity index (χ3v) is 3.99. The predicted molar refractivity (Wildman–Crippen MR) is 103 cm³/mol. The maximum absolute atomic E-state index is 12.3. The van der Waals surface area contributed by atoms with Crippen LogP contribution in [-0.2, 0) is 0 Å². The van der Waals surface area contributed by atoms with E-state index in [1.165, 1.54) is 0 Å². The normalized spacial score (nSPS) is 10.2. The lowest BCUT2D eigenvalue weighted by Crippen LogP contribution is -2.13. The fourth-order valence-corrected chi connectivity index (χ4v) is 2.46. The lowest BCUT2D eigenvalue weighted by molar-refractivity contribution is 0.102. The first-order valence-electron chi connectivity index (χ1n) is 7.58. The first kappa shape index (κ1) is 17.0. The molecule has 0 unspecified atom stereocenters. The third kappa shape index (κ3) is 4.58. The smallest absolute Gasteiger partial charge is 0.274 e. The number of carbonyl (C=O) groups is 1. The van der Waals surface area contributed by atoms with Crippen LogP contribution in [0, 0.1) is 0 Å². The van der Waals surface area contributed by atoms with Crippen molar-refractivity contribution in [3.63, 3.8) is 0 Å². The second kappa shape index (κ2) is 7.81. The van der Waals surface area contributed by atoms with E-state index in [1.807, 2.05) is 42.5 Å². The van der Waals surface area contributed by atoms with E-state index in [2.05, 4.69) is 31.5 Å². The number of aromatic nitrogens is 1. The molecule has 0 spiro atoms. The number of rotatable bonds is 5. The second-order valence-electron chi connectivity index (χ2n) is 5.25. The van der Waals surface area contributed by atoms with Crippen LogP contribution in [0.3, 0.4) is 0 Å². The van der Waals surface area contributed by atoms with Gasteiger partial charge in [-0.3, -0.25) is 4.79 Å². The molecule has 0 bridgehead atoms. The van der Waals surface area contributed by atoms with E-state index >= 15 is 0 Å². The number of hydrogen-bond acceptors (Lipinski definition) is 4. The molecule has 2 N–H and O–H groups in total. The van der Waals surface area contributed by atoms with Gasteiger partial charge in [0.2, 0.25) is 0 Å². The van der Waals surface area contributed by atoms with Crippen LogP contribution < -0.4 is 15.4 Å². The molecule has 0 saturated carbocycles. The highest BCUT2D eigenvalue weighted by Crippen LogP contribution is 2.20. The van der Waals surface area contributed by atoms with E-state index in [1.54, 1.807) is 31.5 Å². The van der Waals surface area contributed by atoms with Gasteiger partial charge in [0.05, 0.1) is 19.0 Å². The lowest BCUT2D eigenvalue weighted by Gasteiger charge is -2.08. The number of halogens is 1. The number of carbonyl (C=O) groups excluding carboxylic acids is 1. The molecule has 3 rings (SSSR count). The van der Waals surface area contributed by atoms with E-state index in [9.17, 15) is 4.79 Å². The quantitative estimate of drug-likeness (QED) is 0.645. The van der Waals surface area contributed by atoms with Crippen molar-refractivity contribution in [2.75, 3.05) is 17.7 Å². The SMILES string of the molecule is COc1cccc(NC(=O)c2ccc(Nc3ccc(Br)cc3)cn2)c1. The van der Waals surface area contributed by atoms with E-state index in [0.717, 1.165) is 15.8 Å². The third-order valence-electron chi connectivity index (χ3n) is 3.46. The molecule has 0 aliphatic heterocycles. The molecule has 0 aliphatic carbocycles. The van der Waals surface area contributed by atoms with Crippen molar-refractivity contribution in [2.45, 2.75) is 0 Å². The molecular formula is C19H16BrN3O2. The van der Waals surface area contributed by atoms with E-state index < -0.39 is 0 Å². The Kier molecular flexibility index (Phi) is 5.30. The number of ether oxygens (including phenoxy) is 1. The van der Waals surface area contributed by atoms with Gasteiger partial charge in [-0.25, -0.2) is 4.98 Å². The Balaban J connectivity index is 1.66. The number of amides is 1. The van der Waals surface area contributed by atoms with Crippen molar-refractivity contribution in [1.82, 2.24) is 4.98 Å². The molecule has 2 aromatic carbocycles. The van der Waals surface area contributed by atoms with E-state index in [0.29, 0.717) is 17.1 Å². The number of hydrogen-bond donors (Lipinski definition) is 2. The van der Waals surface area contributed by atoms with Gasteiger partial charge in [-0.15, -0.1) is 0 Å². The second-order valence-corrected chi connectivity index (χ2v) is 6.17. The molecule has 0 aliphatic rings. The van der Waals surface area contributed by atoms with Crippen molar-refractivity contribution >= 4 is 38.9 Å². The Morgan fingerprint density at radius 1 is 1.00 bits per heavy atom. The van der Waals surface area contributed by atoms with Crippen LogP contribution in [0.2, 0.25) is 0 Å². The predicted octanol–water partition coefficient (Wildman–Crippen LogP) is 4.85. The molecule has 1 amide bonds. The van der Waals surface area contributed by atoms with Gasteiger partial charge in [0, 0.05) is 21.9 Å². The van der Waals surface area contributed by atoms with Crippen molar-refractivity contribution in [3.8, 4) is 5.75 Å². The monoisotopic (exact) mass is 397 g/mol. The highest BCUT2D eigenvalue weighted by atomic mass is 79.9. The van der Waals surface area contributed by atoms with Crippen molar-refractivity contribution < 1.29 is 9.53 Å². The molecule has 3 aromatic rings. The fourth-order valence-electron chi connectivity index (χ4n) is 2.20. The van der Waals surface area contributed by atoms with E-state index in [-0.39, 0.29) is 5.91 Å². The van der Waals surface area contributed by atoms with E-state index in [4.69, 9.17) is 4.74 Å². The van der Waals surface area contributed by atoms with Gasteiger partial charge in [-0.05, 0) is 48.5 Å². The van der Waals surface area contributed by atoms with Gasteiger partial charge >= 0.3 is 0 Å². The summed E-state index contributed by atoms with van der Waals surface area (Å²) in [5, 5.41) is 6.03. The molecule has 5 nitrogen and oxygen atoms in total. The molecule has 0 atom stereocenters. The van der Waals surface area contributed by atoms with Crippen LogP contribution in [0.1, 0.15) is 10.5 Å². The zero-order chi connectivity index (χ0) is 17.6. The summed E-state index contributed by atoms with van der Waals surface area (Å²) in [6, 6.07) is 18.5. The summed E-state index contributed by atoms with van der Waals surface area (Å²) in [6.45, 7) is 0. The fraction of sp³-hybridized carbons (Fsp3) is 0.0526. The average molecular weight is 398 g/mol. The van der Waals surface area contributed by atoms with Crippen LogP contribution in [0.15, 0.2) is 71.3 Å². The van der Waals surface area contributed by atoms with Crippen LogP contribution in [-0.4, -0.2) is 18.0 Å². The Morgan fingerprint density at radius 3 is 2.44 bits per heavy atom. The van der Waals surface area contributed by atoms with Gasteiger partial charge in [-0.2, -0.15) is 0 Å². The van der Waals surface area contributed by atoms with Crippen LogP contribution in [0.4, 0.5) is 17.1 Å². The van der Waals surface area contributed by atoms with Gasteiger partial charge in [-0.1, -0.05) is 22.0 Å². The molecule has 0 radical (unpaired) electrons. The summed E-state index contributed by atoms with van der Waals surface area (Å²) in [6.07, 6.45) is 1.63. The summed E-state index contributed by atoms with van der Waals surface area (Å²) in [5.74, 6) is 0.406. The molecule has 1 heterocycles. The highest BCUT2D eigenvalue weighted by molar-refractivity contribution is 9.10. The Bertz CT molecular complexity index is 865. The zero-order valence-corrected chi connectivity index (χ0v) is 15.1. The van der Waals surface area contributed by atoms with Gasteiger partial charge in [0.15, 0.2) is 0 Å². The number of nitrogens with zero attached hydrogens (tertiary/aromatic N) is 1. The molecule has 6 heteroatoms. The molecule has 0 saturated heterocycles.